The Kier molecular flexibility index (Phi) is 3.71. The molecule has 3 heteroatoms. The van der Waals surface area contributed by atoms with Gasteiger partial charge in [-0.1, -0.05) is 19.9 Å². The maximum Gasteiger partial charge on any atom is 0.0338 e. The van der Waals surface area contributed by atoms with Gasteiger partial charge in [-0.25, -0.2) is 0 Å². The summed E-state index contributed by atoms with van der Waals surface area (Å²) < 4.78 is 0. The van der Waals surface area contributed by atoms with Crippen LogP contribution in [-0.4, -0.2) is 29.6 Å². The fourth-order valence-electron chi connectivity index (χ4n) is 3.35. The van der Waals surface area contributed by atoms with E-state index >= 15 is 0 Å². The summed E-state index contributed by atoms with van der Waals surface area (Å²) in [5.74, 6) is 1.63. The molecule has 0 spiro atoms. The van der Waals surface area contributed by atoms with Gasteiger partial charge in [0.25, 0.3) is 0 Å². The van der Waals surface area contributed by atoms with Gasteiger partial charge in [-0.3, -0.25) is 4.90 Å². The molecule has 2 atom stereocenters. The van der Waals surface area contributed by atoms with Gasteiger partial charge in [0.1, 0.15) is 0 Å². The van der Waals surface area contributed by atoms with Crippen molar-refractivity contribution < 1.29 is 0 Å². The molecule has 2 aliphatic rings. The number of rotatable bonds is 4. The first-order valence-corrected chi connectivity index (χ1v) is 8.48. The highest BCUT2D eigenvalue weighted by Gasteiger charge is 2.48. The number of nitrogens with one attached hydrogen (secondary N) is 1. The van der Waals surface area contributed by atoms with Crippen molar-refractivity contribution in [3.8, 4) is 0 Å². The maximum atomic E-state index is 3.80. The lowest BCUT2D eigenvalue weighted by atomic mass is 9.87. The van der Waals surface area contributed by atoms with E-state index in [0.717, 1.165) is 24.9 Å². The topological polar surface area (TPSA) is 15.3 Å². The van der Waals surface area contributed by atoms with E-state index in [0.29, 0.717) is 11.6 Å². The van der Waals surface area contributed by atoms with Crippen LogP contribution in [0.4, 0.5) is 0 Å². The standard InChI is InChI=1S/C16H26N2S/c1-12(2)15-10-18(9-14-5-4-8-19-14)16(3,11-17-15)13-6-7-13/h4-5,8,12-13,15,17H,6-7,9-11H2,1-3H3. The van der Waals surface area contributed by atoms with Crippen molar-refractivity contribution in [3.63, 3.8) is 0 Å². The van der Waals surface area contributed by atoms with Crippen LogP contribution in [0.25, 0.3) is 0 Å². The van der Waals surface area contributed by atoms with Gasteiger partial charge >= 0.3 is 0 Å². The molecule has 1 saturated carbocycles. The molecule has 2 nitrogen and oxygen atoms in total. The van der Waals surface area contributed by atoms with Gasteiger partial charge in [-0.05, 0) is 43.0 Å². The second-order valence-corrected chi connectivity index (χ2v) is 7.85. The molecule has 1 aromatic rings. The highest BCUT2D eigenvalue weighted by Crippen LogP contribution is 2.44. The van der Waals surface area contributed by atoms with Gasteiger partial charge in [0.2, 0.25) is 0 Å². The first kappa shape index (κ1) is 13.6. The minimum Gasteiger partial charge on any atom is -0.311 e. The molecule has 2 fully saturated rings. The number of thiophene rings is 1. The lowest BCUT2D eigenvalue weighted by molar-refractivity contribution is 0.0194. The molecule has 1 aliphatic heterocycles. The average Bonchev–Trinajstić information content (AvgIpc) is 3.12. The van der Waals surface area contributed by atoms with E-state index in [9.17, 15) is 0 Å². The monoisotopic (exact) mass is 278 g/mol. The fraction of sp³-hybridized carbons (Fsp3) is 0.750. The summed E-state index contributed by atoms with van der Waals surface area (Å²) in [7, 11) is 0. The normalized spacial score (nSPS) is 32.9. The molecule has 2 unspecified atom stereocenters. The Balaban J connectivity index is 1.76. The quantitative estimate of drug-likeness (QED) is 0.908. The molecular weight excluding hydrogens is 252 g/mol. The van der Waals surface area contributed by atoms with Gasteiger partial charge in [-0.15, -0.1) is 11.3 Å². The highest BCUT2D eigenvalue weighted by atomic mass is 32.1. The lowest BCUT2D eigenvalue weighted by Gasteiger charge is -2.49. The molecule has 3 rings (SSSR count). The molecule has 0 aromatic carbocycles. The van der Waals surface area contributed by atoms with Crippen molar-refractivity contribution in [1.82, 2.24) is 10.2 Å². The SMILES string of the molecule is CC(C)C1CN(Cc2cccs2)C(C)(C2CC2)CN1. The molecule has 1 aliphatic carbocycles. The van der Waals surface area contributed by atoms with E-state index < -0.39 is 0 Å². The molecule has 106 valence electrons. The van der Waals surface area contributed by atoms with Crippen molar-refractivity contribution in [2.75, 3.05) is 13.1 Å². The number of piperazine rings is 1. The van der Waals surface area contributed by atoms with E-state index in [1.165, 1.54) is 24.3 Å². The second-order valence-electron chi connectivity index (χ2n) is 6.82. The third-order valence-electron chi connectivity index (χ3n) is 5.05. The molecule has 1 N–H and O–H groups in total. The summed E-state index contributed by atoms with van der Waals surface area (Å²) in [5, 5.41) is 6.00. The van der Waals surface area contributed by atoms with Crippen LogP contribution >= 0.6 is 11.3 Å². The Bertz CT molecular complexity index is 410. The van der Waals surface area contributed by atoms with Crippen LogP contribution in [0.5, 0.6) is 0 Å². The third-order valence-corrected chi connectivity index (χ3v) is 5.91. The zero-order valence-corrected chi connectivity index (χ0v) is 13.2. The van der Waals surface area contributed by atoms with Crippen LogP contribution in [0.1, 0.15) is 38.5 Å². The smallest absolute Gasteiger partial charge is 0.0338 e. The molecule has 2 heterocycles. The zero-order chi connectivity index (χ0) is 13.5. The Hall–Kier alpha value is -0.380. The summed E-state index contributed by atoms with van der Waals surface area (Å²) in [6, 6.07) is 5.10. The van der Waals surface area contributed by atoms with Gasteiger partial charge in [0, 0.05) is 36.1 Å². The summed E-state index contributed by atoms with van der Waals surface area (Å²) in [4.78, 5) is 4.27. The van der Waals surface area contributed by atoms with Crippen LogP contribution in [0.2, 0.25) is 0 Å². The number of nitrogens with zero attached hydrogens (tertiary/aromatic N) is 1. The minimum atomic E-state index is 0.370. The summed E-state index contributed by atoms with van der Waals surface area (Å²) >= 11 is 1.90. The van der Waals surface area contributed by atoms with Crippen molar-refractivity contribution in [3.05, 3.63) is 22.4 Å². The van der Waals surface area contributed by atoms with E-state index in [2.05, 4.69) is 48.5 Å². The Morgan fingerprint density at radius 3 is 2.84 bits per heavy atom. The number of hydrogen-bond donors (Lipinski definition) is 1. The molecule has 0 bridgehead atoms. The fourth-order valence-corrected chi connectivity index (χ4v) is 4.07. The van der Waals surface area contributed by atoms with E-state index in [1.807, 2.05) is 11.3 Å². The molecule has 1 aromatic heterocycles. The van der Waals surface area contributed by atoms with Gasteiger partial charge < -0.3 is 5.32 Å². The maximum absolute atomic E-state index is 3.80. The summed E-state index contributed by atoms with van der Waals surface area (Å²) in [5.41, 5.74) is 0.370. The Labute approximate surface area is 121 Å². The van der Waals surface area contributed by atoms with Crippen molar-refractivity contribution in [1.29, 1.82) is 0 Å². The first-order valence-electron chi connectivity index (χ1n) is 7.60. The second kappa shape index (κ2) is 5.19. The van der Waals surface area contributed by atoms with Crippen LogP contribution in [0.3, 0.4) is 0 Å². The molecule has 1 saturated heterocycles. The average molecular weight is 278 g/mol. The van der Waals surface area contributed by atoms with E-state index in [4.69, 9.17) is 0 Å². The summed E-state index contributed by atoms with van der Waals surface area (Å²) in [6.07, 6.45) is 2.84. The molecule has 0 radical (unpaired) electrons. The molecule has 19 heavy (non-hydrogen) atoms. The third kappa shape index (κ3) is 2.74. The van der Waals surface area contributed by atoms with E-state index in [1.54, 1.807) is 0 Å². The van der Waals surface area contributed by atoms with Gasteiger partial charge in [0.05, 0.1) is 0 Å². The zero-order valence-electron chi connectivity index (χ0n) is 12.4. The first-order chi connectivity index (χ1) is 9.09. The Morgan fingerprint density at radius 1 is 1.47 bits per heavy atom. The van der Waals surface area contributed by atoms with Crippen LogP contribution in [0, 0.1) is 11.8 Å². The number of hydrogen-bond acceptors (Lipinski definition) is 3. The molecule has 0 amide bonds. The van der Waals surface area contributed by atoms with Crippen molar-refractivity contribution in [2.45, 2.75) is 51.7 Å². The van der Waals surface area contributed by atoms with Gasteiger partial charge in [0.15, 0.2) is 0 Å². The predicted molar refractivity (Wildman–Crippen MR) is 82.5 cm³/mol. The minimum absolute atomic E-state index is 0.370. The van der Waals surface area contributed by atoms with Crippen LogP contribution < -0.4 is 5.32 Å². The van der Waals surface area contributed by atoms with E-state index in [-0.39, 0.29) is 0 Å². The highest BCUT2D eigenvalue weighted by molar-refractivity contribution is 7.09. The molecular formula is C16H26N2S. The van der Waals surface area contributed by atoms with Crippen LogP contribution in [0.15, 0.2) is 17.5 Å². The lowest BCUT2D eigenvalue weighted by Crippen LogP contribution is -2.65. The van der Waals surface area contributed by atoms with Crippen molar-refractivity contribution in [2.24, 2.45) is 11.8 Å². The largest absolute Gasteiger partial charge is 0.311 e. The van der Waals surface area contributed by atoms with Crippen LogP contribution in [-0.2, 0) is 6.54 Å². The Morgan fingerprint density at radius 2 is 2.26 bits per heavy atom. The predicted octanol–water partition coefficient (Wildman–Crippen LogP) is 3.35. The van der Waals surface area contributed by atoms with Crippen molar-refractivity contribution >= 4 is 11.3 Å². The summed E-state index contributed by atoms with van der Waals surface area (Å²) in [6.45, 7) is 10.6. The van der Waals surface area contributed by atoms with Gasteiger partial charge in [-0.2, -0.15) is 0 Å².